The van der Waals surface area contributed by atoms with Gasteiger partial charge in [-0.3, -0.25) is 4.79 Å². The van der Waals surface area contributed by atoms with Crippen molar-refractivity contribution in [2.75, 3.05) is 5.75 Å². The molecule has 9 heteroatoms. The SMILES string of the molecule is O=C(CSc1ccc(Cl)cc1)N/N=C\c1cc(Cl)c(OCc2ccc(I)cc2)c(Br)c1. The first-order valence-corrected chi connectivity index (χ1v) is 12.6. The van der Waals surface area contributed by atoms with E-state index in [1.165, 1.54) is 21.5 Å². The predicted molar refractivity (Wildman–Crippen MR) is 141 cm³/mol. The summed E-state index contributed by atoms with van der Waals surface area (Å²) >= 11 is 19.4. The number of benzene rings is 3. The van der Waals surface area contributed by atoms with Crippen LogP contribution in [0.5, 0.6) is 5.75 Å². The zero-order valence-electron chi connectivity index (χ0n) is 15.9. The number of carbonyl (C=O) groups is 1. The molecule has 0 unspecified atom stereocenters. The van der Waals surface area contributed by atoms with E-state index in [1.807, 2.05) is 42.5 Å². The summed E-state index contributed by atoms with van der Waals surface area (Å²) in [6.45, 7) is 0.407. The van der Waals surface area contributed by atoms with Crippen molar-refractivity contribution >= 4 is 85.6 Å². The number of amides is 1. The van der Waals surface area contributed by atoms with Crippen LogP contribution < -0.4 is 10.2 Å². The Labute approximate surface area is 217 Å². The van der Waals surface area contributed by atoms with Crippen molar-refractivity contribution in [3.63, 3.8) is 0 Å². The molecule has 0 bridgehead atoms. The Morgan fingerprint density at radius 1 is 1.13 bits per heavy atom. The number of nitrogens with one attached hydrogen (secondary N) is 1. The second kappa shape index (κ2) is 12.1. The van der Waals surface area contributed by atoms with Crippen molar-refractivity contribution in [2.24, 2.45) is 5.10 Å². The molecule has 3 rings (SSSR count). The molecule has 0 aliphatic heterocycles. The number of ether oxygens (including phenoxy) is 1. The van der Waals surface area contributed by atoms with Crippen LogP contribution in [0.1, 0.15) is 11.1 Å². The molecule has 31 heavy (non-hydrogen) atoms. The topological polar surface area (TPSA) is 50.7 Å². The van der Waals surface area contributed by atoms with E-state index < -0.39 is 0 Å². The van der Waals surface area contributed by atoms with Gasteiger partial charge in [0.2, 0.25) is 5.91 Å². The molecule has 0 aliphatic carbocycles. The lowest BCUT2D eigenvalue weighted by Gasteiger charge is -2.11. The van der Waals surface area contributed by atoms with Crippen molar-refractivity contribution in [2.45, 2.75) is 11.5 Å². The first-order valence-electron chi connectivity index (χ1n) is 8.97. The number of hydrogen-bond donors (Lipinski definition) is 1. The zero-order valence-corrected chi connectivity index (χ0v) is 22.0. The molecular formula is C22H16BrCl2IN2O2S. The molecule has 0 heterocycles. The summed E-state index contributed by atoms with van der Waals surface area (Å²) < 4.78 is 7.74. The Balaban J connectivity index is 1.52. The van der Waals surface area contributed by atoms with Gasteiger partial charge in [0, 0.05) is 13.5 Å². The maximum Gasteiger partial charge on any atom is 0.250 e. The molecule has 0 aliphatic rings. The van der Waals surface area contributed by atoms with E-state index in [1.54, 1.807) is 18.2 Å². The third kappa shape index (κ3) is 7.98. The molecule has 0 radical (unpaired) electrons. The Morgan fingerprint density at radius 3 is 2.52 bits per heavy atom. The number of hydrazone groups is 1. The predicted octanol–water partition coefficient (Wildman–Crippen LogP) is 7.18. The molecule has 3 aromatic rings. The molecule has 0 atom stereocenters. The standard InChI is InChI=1S/C22H16BrCl2IN2O2S/c23-19-9-15(10-20(25)22(19)30-12-14-1-5-17(26)6-2-14)11-27-28-21(29)13-31-18-7-3-16(24)4-8-18/h1-11H,12-13H2,(H,28,29)/b27-11-. The van der Waals surface area contributed by atoms with Crippen LogP contribution >= 0.6 is 73.5 Å². The van der Waals surface area contributed by atoms with Gasteiger partial charge in [-0.2, -0.15) is 5.10 Å². The van der Waals surface area contributed by atoms with Gasteiger partial charge in [-0.05, 0) is 98.2 Å². The molecule has 1 amide bonds. The summed E-state index contributed by atoms with van der Waals surface area (Å²) in [5, 5.41) is 5.11. The fourth-order valence-electron chi connectivity index (χ4n) is 2.42. The lowest BCUT2D eigenvalue weighted by atomic mass is 10.2. The third-order valence-corrected chi connectivity index (χ3v) is 6.76. The maximum absolute atomic E-state index is 12.0. The summed E-state index contributed by atoms with van der Waals surface area (Å²) in [7, 11) is 0. The van der Waals surface area contributed by atoms with E-state index in [-0.39, 0.29) is 11.7 Å². The first kappa shape index (κ1) is 24.4. The molecule has 0 fully saturated rings. The van der Waals surface area contributed by atoms with Crippen LogP contribution in [0, 0.1) is 3.57 Å². The van der Waals surface area contributed by atoms with Crippen LogP contribution in [0.25, 0.3) is 0 Å². The Kier molecular flexibility index (Phi) is 9.52. The minimum absolute atomic E-state index is 0.209. The van der Waals surface area contributed by atoms with E-state index in [9.17, 15) is 4.79 Å². The highest BCUT2D eigenvalue weighted by Gasteiger charge is 2.10. The van der Waals surface area contributed by atoms with Crippen LogP contribution in [0.2, 0.25) is 10.0 Å². The zero-order chi connectivity index (χ0) is 22.2. The highest BCUT2D eigenvalue weighted by molar-refractivity contribution is 14.1. The number of halogens is 4. The normalized spacial score (nSPS) is 11.0. The van der Waals surface area contributed by atoms with Crippen molar-refractivity contribution in [1.29, 1.82) is 0 Å². The van der Waals surface area contributed by atoms with Gasteiger partial charge in [-0.15, -0.1) is 11.8 Å². The number of rotatable bonds is 8. The number of hydrogen-bond acceptors (Lipinski definition) is 4. The van der Waals surface area contributed by atoms with Crippen LogP contribution in [0.15, 0.2) is 75.1 Å². The van der Waals surface area contributed by atoms with E-state index in [4.69, 9.17) is 27.9 Å². The maximum atomic E-state index is 12.0. The minimum Gasteiger partial charge on any atom is -0.486 e. The minimum atomic E-state index is -0.209. The fourth-order valence-corrected chi connectivity index (χ4v) is 4.58. The average molecular weight is 650 g/mol. The lowest BCUT2D eigenvalue weighted by molar-refractivity contribution is -0.118. The highest BCUT2D eigenvalue weighted by Crippen LogP contribution is 2.34. The van der Waals surface area contributed by atoms with Gasteiger partial charge >= 0.3 is 0 Å². The molecule has 0 saturated carbocycles. The van der Waals surface area contributed by atoms with E-state index >= 15 is 0 Å². The van der Waals surface area contributed by atoms with Crippen molar-refractivity contribution in [1.82, 2.24) is 5.43 Å². The van der Waals surface area contributed by atoms with Gasteiger partial charge in [0.25, 0.3) is 0 Å². The van der Waals surface area contributed by atoms with E-state index in [2.05, 4.69) is 49.0 Å². The summed E-state index contributed by atoms with van der Waals surface area (Å²) in [5.74, 6) is 0.592. The quantitative estimate of drug-likeness (QED) is 0.122. The monoisotopic (exact) mass is 648 g/mol. The average Bonchev–Trinajstić information content (AvgIpc) is 2.74. The molecular weight excluding hydrogens is 634 g/mol. The smallest absolute Gasteiger partial charge is 0.250 e. The van der Waals surface area contributed by atoms with Crippen LogP contribution in [0.3, 0.4) is 0 Å². The number of nitrogens with zero attached hydrogens (tertiary/aromatic N) is 1. The molecule has 160 valence electrons. The number of carbonyl (C=O) groups excluding carboxylic acids is 1. The summed E-state index contributed by atoms with van der Waals surface area (Å²) in [5.41, 5.74) is 4.29. The van der Waals surface area contributed by atoms with Crippen molar-refractivity contribution in [3.05, 3.63) is 89.9 Å². The molecule has 0 aromatic heterocycles. The van der Waals surface area contributed by atoms with Crippen molar-refractivity contribution < 1.29 is 9.53 Å². The van der Waals surface area contributed by atoms with Gasteiger partial charge in [-0.25, -0.2) is 5.43 Å². The Bertz CT molecular complexity index is 1060. The second-order valence-electron chi connectivity index (χ2n) is 6.26. The van der Waals surface area contributed by atoms with Gasteiger partial charge in [0.15, 0.2) is 5.75 Å². The van der Waals surface area contributed by atoms with Gasteiger partial charge < -0.3 is 4.74 Å². The summed E-state index contributed by atoms with van der Waals surface area (Å²) in [4.78, 5) is 12.9. The lowest BCUT2D eigenvalue weighted by Crippen LogP contribution is -2.19. The second-order valence-corrected chi connectivity index (χ2v) is 10.3. The third-order valence-electron chi connectivity index (χ3n) is 3.90. The van der Waals surface area contributed by atoms with Gasteiger partial charge in [0.05, 0.1) is 21.5 Å². The van der Waals surface area contributed by atoms with E-state index in [0.29, 0.717) is 26.9 Å². The van der Waals surface area contributed by atoms with Crippen LogP contribution in [0.4, 0.5) is 0 Å². The largest absolute Gasteiger partial charge is 0.486 e. The number of thioether (sulfide) groups is 1. The molecule has 0 spiro atoms. The van der Waals surface area contributed by atoms with Crippen LogP contribution in [-0.2, 0) is 11.4 Å². The highest BCUT2D eigenvalue weighted by atomic mass is 127. The molecule has 1 N–H and O–H groups in total. The van der Waals surface area contributed by atoms with Gasteiger partial charge in [0.1, 0.15) is 6.61 Å². The fraction of sp³-hybridized carbons (Fsp3) is 0.0909. The summed E-state index contributed by atoms with van der Waals surface area (Å²) in [6.07, 6.45) is 1.53. The van der Waals surface area contributed by atoms with Crippen LogP contribution in [-0.4, -0.2) is 17.9 Å². The first-order chi connectivity index (χ1) is 14.9. The van der Waals surface area contributed by atoms with E-state index in [0.717, 1.165) is 16.0 Å². The van der Waals surface area contributed by atoms with Crippen molar-refractivity contribution in [3.8, 4) is 5.75 Å². The molecule has 4 nitrogen and oxygen atoms in total. The summed E-state index contributed by atoms with van der Waals surface area (Å²) in [6, 6.07) is 18.9. The Hall–Kier alpha value is -1.26. The molecule has 0 saturated heterocycles. The van der Waals surface area contributed by atoms with Gasteiger partial charge in [-0.1, -0.05) is 35.3 Å². The Morgan fingerprint density at radius 2 is 1.84 bits per heavy atom. The molecule has 3 aromatic carbocycles.